The molecule has 0 atom stereocenters. The van der Waals surface area contributed by atoms with Crippen LogP contribution in [-0.2, 0) is 4.79 Å². The lowest BCUT2D eigenvalue weighted by Gasteiger charge is -1.97. The normalized spacial score (nSPS) is 11.3. The first-order chi connectivity index (χ1) is 7.09. The molecule has 0 fully saturated rings. The van der Waals surface area contributed by atoms with Crippen molar-refractivity contribution in [3.63, 3.8) is 0 Å². The van der Waals surface area contributed by atoms with Gasteiger partial charge in [-0.1, -0.05) is 24.3 Å². The smallest absolute Gasteiger partial charge is 0.157 e. The minimum absolute atomic E-state index is 0.0202. The molecule has 0 saturated carbocycles. The van der Waals surface area contributed by atoms with Crippen LogP contribution in [0, 0.1) is 0 Å². The number of rotatable bonds is 3. The number of benzene rings is 1. The van der Waals surface area contributed by atoms with Gasteiger partial charge in [0, 0.05) is 0 Å². The van der Waals surface area contributed by atoms with Gasteiger partial charge in [0.1, 0.15) is 0 Å². The number of phenolic OH excluding ortho intramolecular Hbond substituents is 2. The molecule has 0 spiro atoms. The van der Waals surface area contributed by atoms with Crippen LogP contribution in [0.4, 0.5) is 0 Å². The van der Waals surface area contributed by atoms with Gasteiger partial charge in [-0.2, -0.15) is 0 Å². The largest absolute Gasteiger partial charge is 0.504 e. The third-order valence-corrected chi connectivity index (χ3v) is 1.73. The van der Waals surface area contributed by atoms with Crippen molar-refractivity contribution >= 4 is 11.9 Å². The van der Waals surface area contributed by atoms with E-state index in [0.717, 1.165) is 5.56 Å². The van der Waals surface area contributed by atoms with Crippen LogP contribution < -0.4 is 0 Å². The van der Waals surface area contributed by atoms with Gasteiger partial charge in [0.25, 0.3) is 0 Å². The predicted octanol–water partition coefficient (Wildman–Crippen LogP) is 2.26. The third-order valence-electron chi connectivity index (χ3n) is 1.73. The topological polar surface area (TPSA) is 57.5 Å². The highest BCUT2D eigenvalue weighted by Gasteiger charge is 1.96. The molecule has 1 rings (SSSR count). The summed E-state index contributed by atoms with van der Waals surface area (Å²) < 4.78 is 0. The number of hydrogen-bond donors (Lipinski definition) is 2. The molecule has 0 heterocycles. The number of hydrogen-bond acceptors (Lipinski definition) is 3. The molecule has 1 aromatic rings. The SMILES string of the molecule is CC(=O)C=CC=Cc1ccc(O)c(O)c1. The summed E-state index contributed by atoms with van der Waals surface area (Å²) in [5.74, 6) is -0.327. The number of carbonyl (C=O) groups is 1. The van der Waals surface area contributed by atoms with Gasteiger partial charge in [-0.15, -0.1) is 0 Å². The van der Waals surface area contributed by atoms with Crippen molar-refractivity contribution in [1.29, 1.82) is 0 Å². The highest BCUT2D eigenvalue weighted by atomic mass is 16.3. The van der Waals surface area contributed by atoms with Crippen LogP contribution in [0.2, 0.25) is 0 Å². The van der Waals surface area contributed by atoms with E-state index >= 15 is 0 Å². The van der Waals surface area contributed by atoms with Crippen molar-refractivity contribution in [3.8, 4) is 11.5 Å². The Balaban J connectivity index is 2.73. The van der Waals surface area contributed by atoms with Gasteiger partial charge in [-0.25, -0.2) is 0 Å². The number of allylic oxidation sites excluding steroid dienone is 3. The summed E-state index contributed by atoms with van der Waals surface area (Å²) >= 11 is 0. The first-order valence-corrected chi connectivity index (χ1v) is 4.47. The van der Waals surface area contributed by atoms with Crippen LogP contribution >= 0.6 is 0 Å². The Kier molecular flexibility index (Phi) is 3.68. The molecule has 0 aliphatic rings. The van der Waals surface area contributed by atoms with Crippen molar-refractivity contribution in [3.05, 3.63) is 42.0 Å². The van der Waals surface area contributed by atoms with Crippen LogP contribution in [0.3, 0.4) is 0 Å². The summed E-state index contributed by atoms with van der Waals surface area (Å²) in [5, 5.41) is 18.2. The second-order valence-electron chi connectivity index (χ2n) is 3.08. The Morgan fingerprint density at radius 2 is 1.93 bits per heavy atom. The van der Waals surface area contributed by atoms with Crippen LogP contribution in [0.5, 0.6) is 11.5 Å². The van der Waals surface area contributed by atoms with Crippen molar-refractivity contribution in [2.45, 2.75) is 6.92 Å². The van der Waals surface area contributed by atoms with Gasteiger partial charge in [-0.05, 0) is 30.7 Å². The van der Waals surface area contributed by atoms with E-state index in [9.17, 15) is 9.90 Å². The number of carbonyl (C=O) groups excluding carboxylic acids is 1. The van der Waals surface area contributed by atoms with Crippen molar-refractivity contribution in [2.24, 2.45) is 0 Å². The van der Waals surface area contributed by atoms with Crippen molar-refractivity contribution in [2.75, 3.05) is 0 Å². The molecule has 3 nitrogen and oxygen atoms in total. The van der Waals surface area contributed by atoms with Crippen molar-refractivity contribution < 1.29 is 15.0 Å². The summed E-state index contributed by atoms with van der Waals surface area (Å²) in [5.41, 5.74) is 0.749. The maximum Gasteiger partial charge on any atom is 0.157 e. The number of ketones is 1. The van der Waals surface area contributed by atoms with Crippen LogP contribution in [0.15, 0.2) is 36.4 Å². The molecule has 0 saturated heterocycles. The van der Waals surface area contributed by atoms with E-state index in [4.69, 9.17) is 5.11 Å². The summed E-state index contributed by atoms with van der Waals surface area (Å²) in [6, 6.07) is 4.50. The maximum absolute atomic E-state index is 10.6. The van der Waals surface area contributed by atoms with Gasteiger partial charge in [0.05, 0.1) is 0 Å². The fourth-order valence-corrected chi connectivity index (χ4v) is 1.00. The molecule has 3 heteroatoms. The van der Waals surface area contributed by atoms with E-state index in [1.807, 2.05) is 0 Å². The van der Waals surface area contributed by atoms with Gasteiger partial charge in [-0.3, -0.25) is 4.79 Å². The summed E-state index contributed by atoms with van der Waals surface area (Å²) in [6.07, 6.45) is 6.47. The zero-order chi connectivity index (χ0) is 11.3. The Morgan fingerprint density at radius 3 is 2.53 bits per heavy atom. The van der Waals surface area contributed by atoms with E-state index in [-0.39, 0.29) is 17.3 Å². The molecule has 0 unspecified atom stereocenters. The molecule has 0 radical (unpaired) electrons. The van der Waals surface area contributed by atoms with Crippen molar-refractivity contribution in [1.82, 2.24) is 0 Å². The van der Waals surface area contributed by atoms with Crippen LogP contribution in [0.25, 0.3) is 6.08 Å². The molecule has 2 N–H and O–H groups in total. The Bertz CT molecular complexity index is 417. The fraction of sp³-hybridized carbons (Fsp3) is 0.0833. The van der Waals surface area contributed by atoms with Gasteiger partial charge >= 0.3 is 0 Å². The quantitative estimate of drug-likeness (QED) is 0.451. The van der Waals surface area contributed by atoms with E-state index in [1.165, 1.54) is 25.1 Å². The molecular formula is C12H12O3. The molecule has 78 valence electrons. The van der Waals surface area contributed by atoms with E-state index in [2.05, 4.69) is 0 Å². The number of phenols is 2. The third kappa shape index (κ3) is 3.68. The second kappa shape index (κ2) is 5.00. The lowest BCUT2D eigenvalue weighted by Crippen LogP contribution is -1.77. The lowest BCUT2D eigenvalue weighted by atomic mass is 10.2. The van der Waals surface area contributed by atoms with E-state index in [0.29, 0.717) is 0 Å². The molecule has 0 aliphatic carbocycles. The highest BCUT2D eigenvalue weighted by molar-refractivity contribution is 5.87. The highest BCUT2D eigenvalue weighted by Crippen LogP contribution is 2.25. The van der Waals surface area contributed by atoms with Crippen LogP contribution in [0.1, 0.15) is 12.5 Å². The molecule has 0 aromatic heterocycles. The first kappa shape index (κ1) is 11.0. The predicted molar refractivity (Wildman–Crippen MR) is 58.6 cm³/mol. The van der Waals surface area contributed by atoms with Gasteiger partial charge in [0.15, 0.2) is 17.3 Å². The maximum atomic E-state index is 10.6. The van der Waals surface area contributed by atoms with Gasteiger partial charge in [0.2, 0.25) is 0 Å². The fourth-order valence-electron chi connectivity index (χ4n) is 1.00. The second-order valence-corrected chi connectivity index (χ2v) is 3.08. The Labute approximate surface area is 88.0 Å². The molecule has 15 heavy (non-hydrogen) atoms. The summed E-state index contributed by atoms with van der Waals surface area (Å²) in [6.45, 7) is 1.47. The molecular weight excluding hydrogens is 192 g/mol. The zero-order valence-electron chi connectivity index (χ0n) is 8.34. The zero-order valence-corrected chi connectivity index (χ0v) is 8.34. The summed E-state index contributed by atoms with van der Waals surface area (Å²) in [4.78, 5) is 10.6. The average Bonchev–Trinajstić information content (AvgIpc) is 2.18. The molecule has 0 amide bonds. The Morgan fingerprint density at radius 1 is 1.20 bits per heavy atom. The van der Waals surface area contributed by atoms with E-state index < -0.39 is 0 Å². The lowest BCUT2D eigenvalue weighted by molar-refractivity contribution is -0.112. The number of aromatic hydroxyl groups is 2. The standard InChI is InChI=1S/C12H12O3/c1-9(13)4-2-3-5-10-6-7-11(14)12(15)8-10/h2-8,14-15H,1H3. The molecule has 0 bridgehead atoms. The Hall–Kier alpha value is -2.03. The van der Waals surface area contributed by atoms with Crippen LogP contribution in [-0.4, -0.2) is 16.0 Å². The van der Waals surface area contributed by atoms with E-state index in [1.54, 1.807) is 24.3 Å². The molecule has 0 aliphatic heterocycles. The summed E-state index contributed by atoms with van der Waals surface area (Å²) in [7, 11) is 0. The minimum atomic E-state index is -0.160. The molecule has 1 aromatic carbocycles. The average molecular weight is 204 g/mol. The van der Waals surface area contributed by atoms with Gasteiger partial charge < -0.3 is 10.2 Å². The monoisotopic (exact) mass is 204 g/mol. The first-order valence-electron chi connectivity index (χ1n) is 4.47. The minimum Gasteiger partial charge on any atom is -0.504 e.